The lowest BCUT2D eigenvalue weighted by molar-refractivity contribution is -0.145. The van der Waals surface area contributed by atoms with Gasteiger partial charge in [0.1, 0.15) is 5.60 Å². The summed E-state index contributed by atoms with van der Waals surface area (Å²) in [5.41, 5.74) is 2.58. The van der Waals surface area contributed by atoms with Crippen molar-refractivity contribution in [1.82, 2.24) is 0 Å². The number of carbonyl (C=O) groups is 1. The van der Waals surface area contributed by atoms with Gasteiger partial charge in [-0.2, -0.15) is 0 Å². The van der Waals surface area contributed by atoms with Crippen LogP contribution in [0.2, 0.25) is 0 Å². The topological polar surface area (TPSA) is 46.5 Å². The van der Waals surface area contributed by atoms with Crippen LogP contribution in [0.4, 0.5) is 0 Å². The van der Waals surface area contributed by atoms with E-state index in [-0.39, 0.29) is 11.9 Å². The van der Waals surface area contributed by atoms with E-state index in [1.54, 1.807) is 0 Å². The molecular formula is C23H26O3. The molecule has 2 aromatic carbocycles. The van der Waals surface area contributed by atoms with Crippen LogP contribution in [0, 0.1) is 25.7 Å². The summed E-state index contributed by atoms with van der Waals surface area (Å²) in [5.74, 6) is -0.575. The number of cyclic esters (lactones) is 1. The van der Waals surface area contributed by atoms with Gasteiger partial charge in [0.15, 0.2) is 6.10 Å². The van der Waals surface area contributed by atoms with E-state index in [9.17, 15) is 9.90 Å². The summed E-state index contributed by atoms with van der Waals surface area (Å²) in [6.45, 7) is 4.05. The van der Waals surface area contributed by atoms with Crippen molar-refractivity contribution in [2.24, 2.45) is 11.8 Å². The van der Waals surface area contributed by atoms with E-state index in [0.29, 0.717) is 0 Å². The average molecular weight is 350 g/mol. The molecule has 26 heavy (non-hydrogen) atoms. The highest BCUT2D eigenvalue weighted by molar-refractivity contribution is 5.78. The molecule has 1 saturated carbocycles. The first-order valence-corrected chi connectivity index (χ1v) is 9.56. The molecule has 1 aliphatic heterocycles. The third-order valence-electron chi connectivity index (χ3n) is 6.13. The van der Waals surface area contributed by atoms with Gasteiger partial charge in [0.25, 0.3) is 0 Å². The number of aryl methyl sites for hydroxylation is 2. The third-order valence-corrected chi connectivity index (χ3v) is 6.13. The lowest BCUT2D eigenvalue weighted by Gasteiger charge is -2.35. The molecular weight excluding hydrogens is 324 g/mol. The first kappa shape index (κ1) is 17.3. The monoisotopic (exact) mass is 350 g/mol. The van der Waals surface area contributed by atoms with Gasteiger partial charge in [-0.1, -0.05) is 72.5 Å². The Kier molecular flexibility index (Phi) is 4.36. The predicted octanol–water partition coefficient (Wildman–Crippen LogP) is 4.60. The number of carbonyl (C=O) groups excluding carboxylic acids is 1. The van der Waals surface area contributed by atoms with E-state index in [1.165, 1.54) is 0 Å². The minimum Gasteiger partial charge on any atom is -0.454 e. The zero-order chi connectivity index (χ0) is 18.3. The molecule has 3 heteroatoms. The molecule has 0 unspecified atom stereocenters. The molecule has 1 N–H and O–H groups in total. The maximum atomic E-state index is 12.9. The van der Waals surface area contributed by atoms with E-state index in [4.69, 9.17) is 4.74 Å². The van der Waals surface area contributed by atoms with E-state index < -0.39 is 17.6 Å². The van der Waals surface area contributed by atoms with Gasteiger partial charge in [-0.3, -0.25) is 4.79 Å². The van der Waals surface area contributed by atoms with E-state index in [0.717, 1.165) is 47.9 Å². The van der Waals surface area contributed by atoms with Crippen LogP contribution in [0.3, 0.4) is 0 Å². The zero-order valence-corrected chi connectivity index (χ0v) is 15.4. The molecule has 2 aliphatic rings. The highest BCUT2D eigenvalue weighted by Gasteiger charge is 2.60. The van der Waals surface area contributed by atoms with Crippen LogP contribution in [-0.4, -0.2) is 11.1 Å². The smallest absolute Gasteiger partial charge is 0.313 e. The summed E-state index contributed by atoms with van der Waals surface area (Å²) in [7, 11) is 0. The Morgan fingerprint density at radius 2 is 1.46 bits per heavy atom. The standard InChI is InChI=1S/C23H26O3/c1-15-7-11-18(12-8-15)21-23(25,19-13-9-16(2)10-14-19)20(22(24)26-21)17-5-3-4-6-17/h7-14,17,20-21,25H,3-6H2,1-2H3/t20-,21-,23-/m1/s1. The van der Waals surface area contributed by atoms with Gasteiger partial charge in [-0.25, -0.2) is 0 Å². The summed E-state index contributed by atoms with van der Waals surface area (Å²) in [5, 5.41) is 12.0. The molecule has 0 aromatic heterocycles. The van der Waals surface area contributed by atoms with Gasteiger partial charge in [0.05, 0.1) is 5.92 Å². The molecule has 0 amide bonds. The Morgan fingerprint density at radius 1 is 0.923 bits per heavy atom. The van der Waals surface area contributed by atoms with Crippen molar-refractivity contribution >= 4 is 5.97 Å². The fraction of sp³-hybridized carbons (Fsp3) is 0.435. The van der Waals surface area contributed by atoms with Crippen molar-refractivity contribution in [2.75, 3.05) is 0 Å². The van der Waals surface area contributed by atoms with Crippen molar-refractivity contribution in [3.8, 4) is 0 Å². The molecule has 1 aliphatic carbocycles. The molecule has 0 radical (unpaired) electrons. The molecule has 1 heterocycles. The molecule has 3 atom stereocenters. The number of hydrogen-bond donors (Lipinski definition) is 1. The zero-order valence-electron chi connectivity index (χ0n) is 15.4. The number of aliphatic hydroxyl groups is 1. The molecule has 0 spiro atoms. The van der Waals surface area contributed by atoms with Crippen molar-refractivity contribution < 1.29 is 14.6 Å². The van der Waals surface area contributed by atoms with Crippen LogP contribution in [0.5, 0.6) is 0 Å². The minimum atomic E-state index is -1.32. The van der Waals surface area contributed by atoms with Crippen molar-refractivity contribution in [3.63, 3.8) is 0 Å². The van der Waals surface area contributed by atoms with E-state index in [1.807, 2.05) is 62.4 Å². The lowest BCUT2D eigenvalue weighted by atomic mass is 9.71. The molecule has 2 aromatic rings. The molecule has 2 fully saturated rings. The highest BCUT2D eigenvalue weighted by Crippen LogP contribution is 2.54. The number of ether oxygens (including phenoxy) is 1. The first-order valence-electron chi connectivity index (χ1n) is 9.56. The predicted molar refractivity (Wildman–Crippen MR) is 101 cm³/mol. The van der Waals surface area contributed by atoms with Crippen LogP contribution < -0.4 is 0 Å². The number of benzene rings is 2. The lowest BCUT2D eigenvalue weighted by Crippen LogP contribution is -2.40. The van der Waals surface area contributed by atoms with Crippen LogP contribution >= 0.6 is 0 Å². The van der Waals surface area contributed by atoms with Crippen LogP contribution in [0.15, 0.2) is 48.5 Å². The highest BCUT2D eigenvalue weighted by atomic mass is 16.6. The Labute approximate surface area is 155 Å². The maximum Gasteiger partial charge on any atom is 0.313 e. The molecule has 3 nitrogen and oxygen atoms in total. The van der Waals surface area contributed by atoms with Crippen molar-refractivity contribution in [3.05, 3.63) is 70.8 Å². The first-order chi connectivity index (χ1) is 12.5. The van der Waals surface area contributed by atoms with Crippen LogP contribution in [0.1, 0.15) is 54.0 Å². The quantitative estimate of drug-likeness (QED) is 0.823. The number of esters is 1. The number of hydrogen-bond acceptors (Lipinski definition) is 3. The third kappa shape index (κ3) is 2.75. The Bertz CT molecular complexity index is 787. The summed E-state index contributed by atoms with van der Waals surface area (Å²) in [4.78, 5) is 12.9. The van der Waals surface area contributed by atoms with Crippen molar-refractivity contribution in [1.29, 1.82) is 0 Å². The summed E-state index contributed by atoms with van der Waals surface area (Å²) in [6.07, 6.45) is 3.54. The van der Waals surface area contributed by atoms with Crippen molar-refractivity contribution in [2.45, 2.75) is 51.2 Å². The maximum absolute atomic E-state index is 12.9. The van der Waals surface area contributed by atoms with Gasteiger partial charge in [-0.05, 0) is 43.7 Å². The van der Waals surface area contributed by atoms with Gasteiger partial charge >= 0.3 is 5.97 Å². The Morgan fingerprint density at radius 3 is 2.04 bits per heavy atom. The number of rotatable bonds is 3. The van der Waals surface area contributed by atoms with Crippen LogP contribution in [0.25, 0.3) is 0 Å². The van der Waals surface area contributed by atoms with Gasteiger partial charge in [-0.15, -0.1) is 0 Å². The second-order valence-corrected chi connectivity index (χ2v) is 7.94. The Balaban J connectivity index is 1.83. The van der Waals surface area contributed by atoms with Gasteiger partial charge in [0.2, 0.25) is 0 Å². The van der Waals surface area contributed by atoms with E-state index in [2.05, 4.69) is 0 Å². The molecule has 4 rings (SSSR count). The fourth-order valence-electron chi connectivity index (χ4n) is 4.68. The Hall–Kier alpha value is -2.13. The second-order valence-electron chi connectivity index (χ2n) is 7.94. The normalized spacial score (nSPS) is 29.1. The van der Waals surface area contributed by atoms with Crippen LogP contribution in [-0.2, 0) is 15.1 Å². The minimum absolute atomic E-state index is 0.184. The van der Waals surface area contributed by atoms with E-state index >= 15 is 0 Å². The van der Waals surface area contributed by atoms with Gasteiger partial charge < -0.3 is 9.84 Å². The van der Waals surface area contributed by atoms with Gasteiger partial charge in [0, 0.05) is 0 Å². The second kappa shape index (κ2) is 6.55. The molecule has 136 valence electrons. The molecule has 0 bridgehead atoms. The SMILES string of the molecule is Cc1ccc([C@H]2OC(=O)[C@@H](C3CCCC3)[C@]2(O)c2ccc(C)cc2)cc1. The molecule has 1 saturated heterocycles. The fourth-order valence-corrected chi connectivity index (χ4v) is 4.68. The summed E-state index contributed by atoms with van der Waals surface area (Å²) >= 11 is 0. The average Bonchev–Trinajstić information content (AvgIpc) is 3.23. The largest absolute Gasteiger partial charge is 0.454 e. The summed E-state index contributed by atoms with van der Waals surface area (Å²) < 4.78 is 5.82. The summed E-state index contributed by atoms with van der Waals surface area (Å²) in [6, 6.07) is 15.8.